The van der Waals surface area contributed by atoms with Crippen molar-refractivity contribution in [1.29, 1.82) is 0 Å². The molecule has 0 aromatic heterocycles. The molecule has 0 aromatic carbocycles. The number of hydrogen-bond acceptors (Lipinski definition) is 5. The van der Waals surface area contributed by atoms with Gasteiger partial charge in [-0.05, 0) is 26.0 Å². The summed E-state index contributed by atoms with van der Waals surface area (Å²) in [6.07, 6.45) is 7.88. The second-order valence-corrected chi connectivity index (χ2v) is 6.67. The predicted molar refractivity (Wildman–Crippen MR) is 80.7 cm³/mol. The summed E-state index contributed by atoms with van der Waals surface area (Å²) in [5, 5.41) is 22.9. The summed E-state index contributed by atoms with van der Waals surface area (Å²) in [4.78, 5) is 0. The van der Waals surface area contributed by atoms with Crippen LogP contribution in [-0.4, -0.2) is 59.7 Å². The number of rotatable bonds is 9. The quantitative estimate of drug-likeness (QED) is 0.599. The molecule has 5 heteroatoms. The molecule has 2 unspecified atom stereocenters. The van der Waals surface area contributed by atoms with Gasteiger partial charge in [-0.1, -0.05) is 19.3 Å². The maximum Gasteiger partial charge on any atom is 0.0897 e. The standard InChI is InChI=1S/C14H29NO3S/c1-14(17,11-19-2)10-15-8-12(16)9-18-13-6-4-3-5-7-13/h12-13,15-17H,3-11H2,1-2H3. The minimum Gasteiger partial charge on any atom is -0.389 e. The first kappa shape index (κ1) is 17.2. The van der Waals surface area contributed by atoms with E-state index in [0.717, 1.165) is 12.8 Å². The summed E-state index contributed by atoms with van der Waals surface area (Å²) in [6, 6.07) is 0. The Morgan fingerprint density at radius 2 is 2.05 bits per heavy atom. The van der Waals surface area contributed by atoms with Gasteiger partial charge in [-0.15, -0.1) is 0 Å². The zero-order valence-corrected chi connectivity index (χ0v) is 13.0. The molecule has 4 nitrogen and oxygen atoms in total. The lowest BCUT2D eigenvalue weighted by Gasteiger charge is -2.25. The molecule has 1 rings (SSSR count). The van der Waals surface area contributed by atoms with Gasteiger partial charge in [-0.3, -0.25) is 0 Å². The van der Waals surface area contributed by atoms with Gasteiger partial charge in [-0.2, -0.15) is 11.8 Å². The SMILES string of the molecule is CSCC(C)(O)CNCC(O)COC1CCCCC1. The average molecular weight is 291 g/mol. The Labute approximate surface area is 121 Å². The average Bonchev–Trinajstić information content (AvgIpc) is 2.37. The summed E-state index contributed by atoms with van der Waals surface area (Å²) < 4.78 is 5.72. The van der Waals surface area contributed by atoms with Gasteiger partial charge in [0.15, 0.2) is 0 Å². The van der Waals surface area contributed by atoms with Crippen LogP contribution in [0.1, 0.15) is 39.0 Å². The summed E-state index contributed by atoms with van der Waals surface area (Å²) in [6.45, 7) is 3.16. The first-order chi connectivity index (χ1) is 9.03. The third kappa shape index (κ3) is 8.15. The fraction of sp³-hybridized carbons (Fsp3) is 1.00. The number of aliphatic hydroxyl groups excluding tert-OH is 1. The van der Waals surface area contributed by atoms with Crippen molar-refractivity contribution in [3.8, 4) is 0 Å². The first-order valence-electron chi connectivity index (χ1n) is 7.25. The zero-order chi connectivity index (χ0) is 14.1. The lowest BCUT2D eigenvalue weighted by atomic mass is 9.98. The molecule has 3 N–H and O–H groups in total. The van der Waals surface area contributed by atoms with E-state index in [1.165, 1.54) is 19.3 Å². The minimum atomic E-state index is -0.719. The van der Waals surface area contributed by atoms with Crippen molar-refractivity contribution in [3.63, 3.8) is 0 Å². The molecule has 0 heterocycles. The third-order valence-corrected chi connectivity index (χ3v) is 4.33. The number of hydrogen-bond donors (Lipinski definition) is 3. The van der Waals surface area contributed by atoms with Crippen LogP contribution >= 0.6 is 11.8 Å². The molecule has 0 radical (unpaired) electrons. The van der Waals surface area contributed by atoms with Gasteiger partial charge >= 0.3 is 0 Å². The van der Waals surface area contributed by atoms with Crippen molar-refractivity contribution < 1.29 is 14.9 Å². The van der Waals surface area contributed by atoms with E-state index in [4.69, 9.17) is 4.74 Å². The highest BCUT2D eigenvalue weighted by Crippen LogP contribution is 2.20. The molecule has 0 spiro atoms. The van der Waals surface area contributed by atoms with Crippen LogP contribution in [0.15, 0.2) is 0 Å². The van der Waals surface area contributed by atoms with E-state index in [1.54, 1.807) is 18.7 Å². The molecule has 0 aromatic rings. The normalized spacial score (nSPS) is 22.1. The van der Waals surface area contributed by atoms with E-state index in [1.807, 2.05) is 6.26 Å². The molecule has 0 saturated heterocycles. The van der Waals surface area contributed by atoms with Gasteiger partial charge in [0.05, 0.1) is 24.4 Å². The second-order valence-electron chi connectivity index (χ2n) is 5.81. The van der Waals surface area contributed by atoms with E-state index < -0.39 is 11.7 Å². The number of ether oxygens (including phenoxy) is 1. The molecule has 19 heavy (non-hydrogen) atoms. The predicted octanol–water partition coefficient (Wildman–Crippen LogP) is 1.40. The van der Waals surface area contributed by atoms with Gasteiger partial charge in [0.2, 0.25) is 0 Å². The van der Waals surface area contributed by atoms with Crippen LogP contribution in [-0.2, 0) is 4.74 Å². The molecular weight excluding hydrogens is 262 g/mol. The van der Waals surface area contributed by atoms with Crippen LogP contribution in [0.25, 0.3) is 0 Å². The van der Waals surface area contributed by atoms with Crippen molar-refractivity contribution in [3.05, 3.63) is 0 Å². The highest BCUT2D eigenvalue weighted by atomic mass is 32.2. The van der Waals surface area contributed by atoms with Crippen molar-refractivity contribution in [2.45, 2.75) is 56.8 Å². The van der Waals surface area contributed by atoms with Crippen molar-refractivity contribution in [2.75, 3.05) is 31.7 Å². The Balaban J connectivity index is 2.05. The molecule has 1 aliphatic carbocycles. The van der Waals surface area contributed by atoms with Crippen LogP contribution in [0.5, 0.6) is 0 Å². The molecule has 0 aliphatic heterocycles. The molecule has 1 saturated carbocycles. The molecule has 1 fully saturated rings. The number of nitrogens with one attached hydrogen (secondary N) is 1. The monoisotopic (exact) mass is 291 g/mol. The number of thioether (sulfide) groups is 1. The summed E-state index contributed by atoms with van der Waals surface area (Å²) in [5.41, 5.74) is -0.719. The molecule has 2 atom stereocenters. The van der Waals surface area contributed by atoms with Gasteiger partial charge in [0.25, 0.3) is 0 Å². The van der Waals surface area contributed by atoms with Crippen molar-refractivity contribution in [2.24, 2.45) is 0 Å². The lowest BCUT2D eigenvalue weighted by molar-refractivity contribution is -0.0244. The highest BCUT2D eigenvalue weighted by molar-refractivity contribution is 7.98. The minimum absolute atomic E-state index is 0.336. The van der Waals surface area contributed by atoms with Gasteiger partial charge in [0.1, 0.15) is 0 Å². The fourth-order valence-electron chi connectivity index (χ4n) is 2.41. The van der Waals surface area contributed by atoms with Crippen LogP contribution < -0.4 is 5.32 Å². The maximum absolute atomic E-state index is 9.96. The van der Waals surface area contributed by atoms with Crippen molar-refractivity contribution >= 4 is 11.8 Å². The summed E-state index contributed by atoms with van der Waals surface area (Å²) >= 11 is 1.62. The Hall–Kier alpha value is 0.190. The Bertz CT molecular complexity index is 233. The van der Waals surface area contributed by atoms with Gasteiger partial charge in [0, 0.05) is 18.8 Å². The fourth-order valence-corrected chi connectivity index (χ4v) is 3.13. The smallest absolute Gasteiger partial charge is 0.0897 e. The van der Waals surface area contributed by atoms with Crippen LogP contribution in [0.3, 0.4) is 0 Å². The Kier molecular flexibility index (Phi) is 8.34. The first-order valence-corrected chi connectivity index (χ1v) is 8.64. The van der Waals surface area contributed by atoms with Gasteiger partial charge < -0.3 is 20.3 Å². The van der Waals surface area contributed by atoms with E-state index >= 15 is 0 Å². The number of aliphatic hydroxyl groups is 2. The third-order valence-electron chi connectivity index (χ3n) is 3.42. The second kappa shape index (κ2) is 9.19. The molecule has 114 valence electrons. The van der Waals surface area contributed by atoms with Crippen LogP contribution in [0.4, 0.5) is 0 Å². The topological polar surface area (TPSA) is 61.7 Å². The molecule has 0 amide bonds. The van der Waals surface area contributed by atoms with Crippen molar-refractivity contribution in [1.82, 2.24) is 5.32 Å². The van der Waals surface area contributed by atoms with Gasteiger partial charge in [-0.25, -0.2) is 0 Å². The highest BCUT2D eigenvalue weighted by Gasteiger charge is 2.20. The van der Waals surface area contributed by atoms with Crippen LogP contribution in [0, 0.1) is 0 Å². The Morgan fingerprint density at radius 3 is 2.68 bits per heavy atom. The van der Waals surface area contributed by atoms with Crippen LogP contribution in [0.2, 0.25) is 0 Å². The molecule has 1 aliphatic rings. The zero-order valence-electron chi connectivity index (χ0n) is 12.2. The molecule has 0 bridgehead atoms. The van der Waals surface area contributed by atoms with E-state index in [-0.39, 0.29) is 0 Å². The van der Waals surface area contributed by atoms with E-state index in [9.17, 15) is 10.2 Å². The van der Waals surface area contributed by atoms with E-state index in [2.05, 4.69) is 5.32 Å². The maximum atomic E-state index is 9.96. The summed E-state index contributed by atoms with van der Waals surface area (Å²) in [5.74, 6) is 0.689. The van der Waals surface area contributed by atoms with E-state index in [0.29, 0.717) is 31.6 Å². The Morgan fingerprint density at radius 1 is 1.37 bits per heavy atom. The lowest BCUT2D eigenvalue weighted by Crippen LogP contribution is -2.43. The summed E-state index contributed by atoms with van der Waals surface area (Å²) in [7, 11) is 0. The largest absolute Gasteiger partial charge is 0.389 e. The molecular formula is C14H29NO3S.